The predicted molar refractivity (Wildman–Crippen MR) is 90.8 cm³/mol. The molecule has 0 spiro atoms. The van der Waals surface area contributed by atoms with E-state index in [1.807, 2.05) is 30.3 Å². The second-order valence-electron chi connectivity index (χ2n) is 6.01. The first-order chi connectivity index (χ1) is 11.7. The van der Waals surface area contributed by atoms with Gasteiger partial charge in [0.25, 0.3) is 0 Å². The van der Waals surface area contributed by atoms with Gasteiger partial charge in [0, 0.05) is 13.1 Å². The molecule has 2 N–H and O–H groups in total. The van der Waals surface area contributed by atoms with Crippen molar-refractivity contribution in [3.8, 4) is 5.69 Å². The van der Waals surface area contributed by atoms with E-state index in [2.05, 4.69) is 20.0 Å². The van der Waals surface area contributed by atoms with Crippen LogP contribution >= 0.6 is 0 Å². The zero-order chi connectivity index (χ0) is 16.5. The number of amides is 1. The van der Waals surface area contributed by atoms with E-state index in [9.17, 15) is 4.79 Å². The van der Waals surface area contributed by atoms with Gasteiger partial charge in [0.1, 0.15) is 12.1 Å². The van der Waals surface area contributed by atoms with E-state index in [4.69, 9.17) is 5.73 Å². The Hall–Kier alpha value is -2.96. The number of benzene rings is 1. The minimum atomic E-state index is -0.245. The number of hydrogen-bond donors (Lipinski definition) is 1. The van der Waals surface area contributed by atoms with Crippen molar-refractivity contribution in [2.24, 2.45) is 11.7 Å². The van der Waals surface area contributed by atoms with Crippen LogP contribution in [-0.2, 0) is 4.79 Å². The van der Waals surface area contributed by atoms with E-state index in [1.165, 1.54) is 0 Å². The Morgan fingerprint density at radius 1 is 1.21 bits per heavy atom. The Morgan fingerprint density at radius 3 is 2.83 bits per heavy atom. The highest BCUT2D eigenvalue weighted by Crippen LogP contribution is 2.28. The average molecular weight is 322 g/mol. The highest BCUT2D eigenvalue weighted by Gasteiger charge is 2.26. The minimum Gasteiger partial charge on any atom is -0.369 e. The molecule has 2 aromatic heterocycles. The second kappa shape index (κ2) is 5.92. The highest BCUT2D eigenvalue weighted by molar-refractivity contribution is 5.88. The normalized spacial score (nSPS) is 18.0. The Bertz CT molecular complexity index is 875. The topological polar surface area (TPSA) is 89.9 Å². The van der Waals surface area contributed by atoms with Crippen LogP contribution in [0, 0.1) is 5.92 Å². The Balaban J connectivity index is 1.75. The molecule has 3 aromatic rings. The van der Waals surface area contributed by atoms with Crippen molar-refractivity contribution in [1.29, 1.82) is 0 Å². The Kier molecular flexibility index (Phi) is 3.60. The quantitative estimate of drug-likeness (QED) is 0.789. The summed E-state index contributed by atoms with van der Waals surface area (Å²) in [5, 5.41) is 5.35. The third-order valence-electron chi connectivity index (χ3n) is 4.47. The molecule has 1 aromatic carbocycles. The molecule has 7 nitrogen and oxygen atoms in total. The summed E-state index contributed by atoms with van der Waals surface area (Å²) in [5.74, 6) is 0.436. The number of para-hydroxylation sites is 1. The lowest BCUT2D eigenvalue weighted by atomic mass is 9.97. The molecule has 3 heterocycles. The van der Waals surface area contributed by atoms with Crippen LogP contribution in [0.15, 0.2) is 42.9 Å². The summed E-state index contributed by atoms with van der Waals surface area (Å²) in [6.45, 7) is 1.45. The fraction of sp³-hybridized carbons (Fsp3) is 0.294. The van der Waals surface area contributed by atoms with Crippen molar-refractivity contribution < 1.29 is 4.79 Å². The lowest BCUT2D eigenvalue weighted by Crippen LogP contribution is -2.41. The fourth-order valence-corrected chi connectivity index (χ4v) is 3.24. The largest absolute Gasteiger partial charge is 0.369 e. The van der Waals surface area contributed by atoms with Crippen LogP contribution in [0.4, 0.5) is 5.82 Å². The molecule has 1 amide bonds. The minimum absolute atomic E-state index is 0.132. The number of nitrogens with two attached hydrogens (primary N) is 1. The molecular weight excluding hydrogens is 304 g/mol. The van der Waals surface area contributed by atoms with E-state index in [-0.39, 0.29) is 11.8 Å². The maximum Gasteiger partial charge on any atom is 0.222 e. The molecule has 122 valence electrons. The van der Waals surface area contributed by atoms with E-state index in [0.717, 1.165) is 41.9 Å². The summed E-state index contributed by atoms with van der Waals surface area (Å²) in [6.07, 6.45) is 5.09. The third kappa shape index (κ3) is 2.47. The number of hydrogen-bond acceptors (Lipinski definition) is 5. The van der Waals surface area contributed by atoms with Gasteiger partial charge in [0.15, 0.2) is 5.65 Å². The summed E-state index contributed by atoms with van der Waals surface area (Å²) in [7, 11) is 0. The molecule has 0 aliphatic carbocycles. The predicted octanol–water partition coefficient (Wildman–Crippen LogP) is 1.52. The highest BCUT2D eigenvalue weighted by atomic mass is 16.1. The van der Waals surface area contributed by atoms with Gasteiger partial charge in [-0.05, 0) is 25.0 Å². The van der Waals surface area contributed by atoms with E-state index >= 15 is 0 Å². The first kappa shape index (κ1) is 14.6. The lowest BCUT2D eigenvalue weighted by molar-refractivity contribution is -0.122. The zero-order valence-electron chi connectivity index (χ0n) is 13.2. The van der Waals surface area contributed by atoms with Crippen LogP contribution in [0.3, 0.4) is 0 Å². The zero-order valence-corrected chi connectivity index (χ0v) is 13.2. The fourth-order valence-electron chi connectivity index (χ4n) is 3.24. The van der Waals surface area contributed by atoms with Crippen LogP contribution in [0.5, 0.6) is 0 Å². The number of carbonyl (C=O) groups is 1. The summed E-state index contributed by atoms with van der Waals surface area (Å²) in [4.78, 5) is 22.5. The van der Waals surface area contributed by atoms with Crippen molar-refractivity contribution in [3.05, 3.63) is 42.9 Å². The molecule has 24 heavy (non-hydrogen) atoms. The number of primary amides is 1. The van der Waals surface area contributed by atoms with Crippen molar-refractivity contribution >= 4 is 22.8 Å². The van der Waals surface area contributed by atoms with E-state index in [0.29, 0.717) is 6.54 Å². The summed E-state index contributed by atoms with van der Waals surface area (Å²) in [6, 6.07) is 9.86. The first-order valence-electron chi connectivity index (χ1n) is 8.02. The van der Waals surface area contributed by atoms with Crippen molar-refractivity contribution in [2.45, 2.75) is 12.8 Å². The maximum atomic E-state index is 11.5. The lowest BCUT2D eigenvalue weighted by Gasteiger charge is -2.32. The molecule has 0 bridgehead atoms. The SMILES string of the molecule is NC(=O)C1CCCN(c2ncnc3c2cnn3-c2ccccc2)C1. The Labute approximate surface area is 139 Å². The molecule has 7 heteroatoms. The number of aromatic nitrogens is 4. The third-order valence-corrected chi connectivity index (χ3v) is 4.47. The molecule has 1 saturated heterocycles. The number of anilines is 1. The molecule has 1 fully saturated rings. The molecule has 4 rings (SSSR count). The number of piperidine rings is 1. The molecule has 1 aliphatic heterocycles. The standard InChI is InChI=1S/C17H18N6O/c18-15(24)12-5-4-8-22(10-12)16-14-9-21-23(17(14)20-11-19-16)13-6-2-1-3-7-13/h1-3,6-7,9,11-12H,4-5,8,10H2,(H2,18,24). The molecular formula is C17H18N6O. The van der Waals surface area contributed by atoms with Gasteiger partial charge in [0.2, 0.25) is 5.91 Å². The van der Waals surface area contributed by atoms with Gasteiger partial charge in [-0.3, -0.25) is 4.79 Å². The number of nitrogens with zero attached hydrogens (tertiary/aromatic N) is 5. The van der Waals surface area contributed by atoms with Crippen LogP contribution in [0.1, 0.15) is 12.8 Å². The summed E-state index contributed by atoms with van der Waals surface area (Å²) >= 11 is 0. The van der Waals surface area contributed by atoms with Crippen molar-refractivity contribution in [1.82, 2.24) is 19.7 Å². The van der Waals surface area contributed by atoms with Crippen LogP contribution in [0.2, 0.25) is 0 Å². The van der Waals surface area contributed by atoms with Gasteiger partial charge in [-0.1, -0.05) is 18.2 Å². The molecule has 0 saturated carbocycles. The second-order valence-corrected chi connectivity index (χ2v) is 6.01. The number of rotatable bonds is 3. The van der Waals surface area contributed by atoms with Crippen LogP contribution < -0.4 is 10.6 Å². The maximum absolute atomic E-state index is 11.5. The monoisotopic (exact) mass is 322 g/mol. The molecule has 1 unspecified atom stereocenters. The molecule has 1 aliphatic rings. The van der Waals surface area contributed by atoms with Crippen molar-refractivity contribution in [2.75, 3.05) is 18.0 Å². The molecule has 1 atom stereocenters. The first-order valence-corrected chi connectivity index (χ1v) is 8.02. The number of fused-ring (bicyclic) bond motifs is 1. The van der Waals surface area contributed by atoms with Gasteiger partial charge >= 0.3 is 0 Å². The molecule has 0 radical (unpaired) electrons. The van der Waals surface area contributed by atoms with E-state index in [1.54, 1.807) is 17.2 Å². The van der Waals surface area contributed by atoms with Gasteiger partial charge in [-0.15, -0.1) is 0 Å². The van der Waals surface area contributed by atoms with Crippen molar-refractivity contribution in [3.63, 3.8) is 0 Å². The summed E-state index contributed by atoms with van der Waals surface area (Å²) < 4.78 is 1.80. The number of carbonyl (C=O) groups excluding carboxylic acids is 1. The Morgan fingerprint density at radius 2 is 2.04 bits per heavy atom. The van der Waals surface area contributed by atoms with E-state index < -0.39 is 0 Å². The smallest absolute Gasteiger partial charge is 0.222 e. The summed E-state index contributed by atoms with van der Waals surface area (Å²) in [5.41, 5.74) is 7.19. The van der Waals surface area contributed by atoms with Gasteiger partial charge < -0.3 is 10.6 Å². The van der Waals surface area contributed by atoms with Gasteiger partial charge in [-0.25, -0.2) is 14.6 Å². The van der Waals surface area contributed by atoms with Gasteiger partial charge in [0.05, 0.1) is 23.2 Å². The van der Waals surface area contributed by atoms with Crippen LogP contribution in [-0.4, -0.2) is 38.7 Å². The van der Waals surface area contributed by atoms with Gasteiger partial charge in [-0.2, -0.15) is 5.10 Å². The average Bonchev–Trinajstić information content (AvgIpc) is 3.06. The van der Waals surface area contributed by atoms with Crippen LogP contribution in [0.25, 0.3) is 16.7 Å².